The van der Waals surface area contributed by atoms with Crippen LogP contribution < -0.4 is 5.43 Å². The minimum Gasteiger partial charge on any atom is -0.296 e. The van der Waals surface area contributed by atoms with E-state index >= 15 is 0 Å². The van der Waals surface area contributed by atoms with Gasteiger partial charge in [0.15, 0.2) is 0 Å². The van der Waals surface area contributed by atoms with Gasteiger partial charge >= 0.3 is 0 Å². The average Bonchev–Trinajstić information content (AvgIpc) is 2.56. The standard InChI is InChI=1S/C11H14N2O/c1-9-5-2-3-6-10(9)12-13-8-4-7-11(13)14/h2-3,6,12H,1,4-5,7-8H2. The van der Waals surface area contributed by atoms with Gasteiger partial charge < -0.3 is 0 Å². The van der Waals surface area contributed by atoms with Crippen molar-refractivity contribution in [2.24, 2.45) is 0 Å². The van der Waals surface area contributed by atoms with Gasteiger partial charge in [-0.05, 0) is 24.5 Å². The minimum absolute atomic E-state index is 0.174. The molecule has 3 heteroatoms. The molecular weight excluding hydrogens is 176 g/mol. The molecule has 0 aromatic heterocycles. The molecule has 0 aromatic rings. The number of nitrogens with one attached hydrogen (secondary N) is 1. The predicted molar refractivity (Wildman–Crippen MR) is 55.1 cm³/mol. The minimum atomic E-state index is 0.174. The van der Waals surface area contributed by atoms with Crippen molar-refractivity contribution in [3.63, 3.8) is 0 Å². The maximum absolute atomic E-state index is 11.3. The van der Waals surface area contributed by atoms with Gasteiger partial charge in [0.1, 0.15) is 0 Å². The second kappa shape index (κ2) is 3.70. The van der Waals surface area contributed by atoms with Crippen LogP contribution in [0.25, 0.3) is 0 Å². The summed E-state index contributed by atoms with van der Waals surface area (Å²) in [5, 5.41) is 1.68. The van der Waals surface area contributed by atoms with Gasteiger partial charge in [0, 0.05) is 13.0 Å². The van der Waals surface area contributed by atoms with Crippen LogP contribution in [0.3, 0.4) is 0 Å². The van der Waals surface area contributed by atoms with Crippen molar-refractivity contribution in [2.75, 3.05) is 6.54 Å². The molecule has 1 heterocycles. The number of amides is 1. The molecule has 1 fully saturated rings. The van der Waals surface area contributed by atoms with Gasteiger partial charge in [-0.3, -0.25) is 15.2 Å². The highest BCUT2D eigenvalue weighted by Gasteiger charge is 2.21. The molecule has 1 aliphatic heterocycles. The van der Waals surface area contributed by atoms with Gasteiger partial charge in [-0.15, -0.1) is 0 Å². The van der Waals surface area contributed by atoms with Gasteiger partial charge in [0.25, 0.3) is 0 Å². The molecule has 74 valence electrons. The first kappa shape index (κ1) is 9.06. The Bertz CT molecular complexity index is 328. The third-order valence-electron chi connectivity index (χ3n) is 2.47. The monoisotopic (exact) mass is 190 g/mol. The summed E-state index contributed by atoms with van der Waals surface area (Å²) < 4.78 is 0. The lowest BCUT2D eigenvalue weighted by Gasteiger charge is -2.22. The number of rotatable bonds is 2. The Labute approximate surface area is 83.7 Å². The fraction of sp³-hybridized carbons (Fsp3) is 0.364. The molecule has 0 spiro atoms. The Kier molecular flexibility index (Phi) is 2.39. The van der Waals surface area contributed by atoms with Crippen molar-refractivity contribution in [3.8, 4) is 0 Å². The van der Waals surface area contributed by atoms with E-state index in [1.54, 1.807) is 5.01 Å². The van der Waals surface area contributed by atoms with Crippen LogP contribution in [0.4, 0.5) is 0 Å². The van der Waals surface area contributed by atoms with E-state index in [-0.39, 0.29) is 5.91 Å². The lowest BCUT2D eigenvalue weighted by molar-refractivity contribution is -0.129. The third kappa shape index (κ3) is 1.71. The lowest BCUT2D eigenvalue weighted by Crippen LogP contribution is -2.38. The van der Waals surface area contributed by atoms with Gasteiger partial charge in [-0.25, -0.2) is 0 Å². The number of nitrogens with zero attached hydrogens (tertiary/aromatic N) is 1. The molecule has 0 atom stereocenters. The zero-order valence-electron chi connectivity index (χ0n) is 8.12. The zero-order chi connectivity index (χ0) is 9.97. The molecule has 0 aromatic carbocycles. The molecule has 3 nitrogen and oxygen atoms in total. The fourth-order valence-electron chi connectivity index (χ4n) is 1.63. The molecule has 0 bridgehead atoms. The third-order valence-corrected chi connectivity index (χ3v) is 2.47. The number of hydrogen-bond acceptors (Lipinski definition) is 2. The first-order valence-electron chi connectivity index (χ1n) is 4.89. The maximum Gasteiger partial charge on any atom is 0.240 e. The molecule has 0 unspecified atom stereocenters. The van der Waals surface area contributed by atoms with Crippen molar-refractivity contribution < 1.29 is 4.79 Å². The Balaban J connectivity index is 2.02. The molecule has 1 saturated heterocycles. The van der Waals surface area contributed by atoms with Crippen LogP contribution in [0, 0.1) is 0 Å². The van der Waals surface area contributed by atoms with Crippen LogP contribution in [0.5, 0.6) is 0 Å². The fourth-order valence-corrected chi connectivity index (χ4v) is 1.63. The van der Waals surface area contributed by atoms with Crippen molar-refractivity contribution in [1.82, 2.24) is 10.4 Å². The molecule has 2 aliphatic rings. The number of carbonyl (C=O) groups is 1. The molecular formula is C11H14N2O. The second-order valence-corrected chi connectivity index (χ2v) is 3.58. The molecule has 2 rings (SSSR count). The van der Waals surface area contributed by atoms with Crippen molar-refractivity contribution in [1.29, 1.82) is 0 Å². The highest BCUT2D eigenvalue weighted by atomic mass is 16.2. The molecule has 1 N–H and O–H groups in total. The van der Waals surface area contributed by atoms with Crippen LogP contribution in [-0.4, -0.2) is 17.5 Å². The van der Waals surface area contributed by atoms with Crippen molar-refractivity contribution >= 4 is 5.91 Å². The Morgan fingerprint density at radius 2 is 2.36 bits per heavy atom. The summed E-state index contributed by atoms with van der Waals surface area (Å²) in [4.78, 5) is 11.3. The maximum atomic E-state index is 11.3. The van der Waals surface area contributed by atoms with E-state index in [2.05, 4.69) is 18.1 Å². The van der Waals surface area contributed by atoms with Crippen LogP contribution >= 0.6 is 0 Å². The van der Waals surface area contributed by atoms with Gasteiger partial charge in [0.05, 0.1) is 5.70 Å². The average molecular weight is 190 g/mol. The first-order valence-corrected chi connectivity index (χ1v) is 4.89. The SMILES string of the molecule is C=C1CC=CC=C1NN1CCCC1=O. The summed E-state index contributed by atoms with van der Waals surface area (Å²) in [6, 6.07) is 0. The zero-order valence-corrected chi connectivity index (χ0v) is 8.12. The van der Waals surface area contributed by atoms with E-state index in [0.29, 0.717) is 6.42 Å². The molecule has 14 heavy (non-hydrogen) atoms. The number of carbonyl (C=O) groups excluding carboxylic acids is 1. The van der Waals surface area contributed by atoms with Crippen molar-refractivity contribution in [2.45, 2.75) is 19.3 Å². The predicted octanol–water partition coefficient (Wildman–Crippen LogP) is 1.51. The quantitative estimate of drug-likeness (QED) is 0.716. The first-order chi connectivity index (χ1) is 6.77. The summed E-state index contributed by atoms with van der Waals surface area (Å²) in [7, 11) is 0. The Hall–Kier alpha value is -1.51. The largest absolute Gasteiger partial charge is 0.296 e. The molecule has 1 amide bonds. The van der Waals surface area contributed by atoms with Crippen LogP contribution in [0.15, 0.2) is 36.1 Å². The summed E-state index contributed by atoms with van der Waals surface area (Å²) in [5.41, 5.74) is 5.11. The van der Waals surface area contributed by atoms with E-state index in [1.165, 1.54) is 0 Å². The Morgan fingerprint density at radius 1 is 1.50 bits per heavy atom. The van der Waals surface area contributed by atoms with E-state index in [9.17, 15) is 4.79 Å². The van der Waals surface area contributed by atoms with E-state index in [4.69, 9.17) is 0 Å². The summed E-state index contributed by atoms with van der Waals surface area (Å²) in [5.74, 6) is 0.174. The Morgan fingerprint density at radius 3 is 3.00 bits per heavy atom. The normalized spacial score (nSPS) is 21.4. The van der Waals surface area contributed by atoms with E-state index in [1.807, 2.05) is 12.2 Å². The summed E-state index contributed by atoms with van der Waals surface area (Å²) >= 11 is 0. The van der Waals surface area contributed by atoms with Gasteiger partial charge in [0.2, 0.25) is 5.91 Å². The van der Waals surface area contributed by atoms with Gasteiger partial charge in [-0.2, -0.15) is 0 Å². The van der Waals surface area contributed by atoms with Crippen LogP contribution in [0.2, 0.25) is 0 Å². The number of hydrazine groups is 1. The highest BCUT2D eigenvalue weighted by molar-refractivity contribution is 5.77. The number of allylic oxidation sites excluding steroid dienone is 4. The molecule has 0 saturated carbocycles. The second-order valence-electron chi connectivity index (χ2n) is 3.58. The molecule has 0 radical (unpaired) electrons. The van der Waals surface area contributed by atoms with Crippen LogP contribution in [-0.2, 0) is 4.79 Å². The lowest BCUT2D eigenvalue weighted by atomic mass is 10.1. The van der Waals surface area contributed by atoms with E-state index < -0.39 is 0 Å². The topological polar surface area (TPSA) is 32.3 Å². The number of hydrogen-bond donors (Lipinski definition) is 1. The van der Waals surface area contributed by atoms with E-state index in [0.717, 1.165) is 30.7 Å². The van der Waals surface area contributed by atoms with Gasteiger partial charge in [-0.1, -0.05) is 18.7 Å². The summed E-state index contributed by atoms with van der Waals surface area (Å²) in [6.45, 7) is 4.74. The smallest absolute Gasteiger partial charge is 0.240 e. The highest BCUT2D eigenvalue weighted by Crippen LogP contribution is 2.17. The molecule has 1 aliphatic carbocycles. The van der Waals surface area contributed by atoms with Crippen LogP contribution in [0.1, 0.15) is 19.3 Å². The summed E-state index contributed by atoms with van der Waals surface area (Å²) in [6.07, 6.45) is 8.46. The van der Waals surface area contributed by atoms with Crippen molar-refractivity contribution in [3.05, 3.63) is 36.1 Å².